The van der Waals surface area contributed by atoms with Crippen molar-refractivity contribution in [3.63, 3.8) is 0 Å². The topological polar surface area (TPSA) is 109 Å². The monoisotopic (exact) mass is 461 g/mol. The Morgan fingerprint density at radius 2 is 1.78 bits per heavy atom. The van der Waals surface area contributed by atoms with Crippen LogP contribution in [0.5, 0.6) is 0 Å². The van der Waals surface area contributed by atoms with Gasteiger partial charge in [0.25, 0.3) is 5.91 Å². The molecule has 2 aromatic rings. The number of aryl methyl sites for hydroxylation is 1. The molecular weight excluding hydrogens is 434 g/mol. The van der Waals surface area contributed by atoms with E-state index < -0.39 is 10.0 Å². The molecule has 2 aliphatic heterocycles. The molecule has 0 bridgehead atoms. The maximum atomic E-state index is 12.9. The molecular formula is C22H27N3O6S. The predicted molar refractivity (Wildman–Crippen MR) is 117 cm³/mol. The average Bonchev–Trinajstić information content (AvgIpc) is 3.35. The van der Waals surface area contributed by atoms with Gasteiger partial charge in [0.1, 0.15) is 0 Å². The lowest BCUT2D eigenvalue weighted by molar-refractivity contribution is -0.121. The number of ether oxygens (including phenoxy) is 1. The van der Waals surface area contributed by atoms with Crippen LogP contribution < -0.4 is 5.32 Å². The molecule has 9 nitrogen and oxygen atoms in total. The first-order chi connectivity index (χ1) is 15.4. The molecule has 1 N–H and O–H groups in total. The summed E-state index contributed by atoms with van der Waals surface area (Å²) in [6.07, 6.45) is 2.52. The van der Waals surface area contributed by atoms with Gasteiger partial charge in [0, 0.05) is 37.8 Å². The normalized spacial score (nSPS) is 18.5. The minimum Gasteiger partial charge on any atom is -0.459 e. The Hall–Kier alpha value is -2.69. The maximum absolute atomic E-state index is 12.9. The second kappa shape index (κ2) is 9.43. The summed E-state index contributed by atoms with van der Waals surface area (Å²) in [6, 6.07) is 8.08. The number of morpholine rings is 1. The van der Waals surface area contributed by atoms with E-state index in [9.17, 15) is 18.0 Å². The van der Waals surface area contributed by atoms with E-state index in [1.54, 1.807) is 29.2 Å². The number of hydrogen-bond acceptors (Lipinski definition) is 6. The van der Waals surface area contributed by atoms with E-state index in [2.05, 4.69) is 5.32 Å². The number of carbonyl (C=O) groups excluding carboxylic acids is 2. The van der Waals surface area contributed by atoms with Gasteiger partial charge in [-0.3, -0.25) is 9.59 Å². The molecule has 4 rings (SSSR count). The molecule has 10 heteroatoms. The van der Waals surface area contributed by atoms with Gasteiger partial charge >= 0.3 is 0 Å². The fourth-order valence-corrected chi connectivity index (χ4v) is 5.40. The van der Waals surface area contributed by atoms with E-state index >= 15 is 0 Å². The summed E-state index contributed by atoms with van der Waals surface area (Å²) in [5.41, 5.74) is 1.27. The summed E-state index contributed by atoms with van der Waals surface area (Å²) in [6.45, 7) is 4.11. The van der Waals surface area contributed by atoms with Gasteiger partial charge in [-0.1, -0.05) is 6.07 Å². The van der Waals surface area contributed by atoms with Crippen LogP contribution in [0.3, 0.4) is 0 Å². The van der Waals surface area contributed by atoms with Gasteiger partial charge in [-0.25, -0.2) is 8.42 Å². The highest BCUT2D eigenvalue weighted by Crippen LogP contribution is 2.26. The van der Waals surface area contributed by atoms with Crippen molar-refractivity contribution in [1.82, 2.24) is 9.21 Å². The molecule has 1 aromatic heterocycles. The van der Waals surface area contributed by atoms with E-state index in [4.69, 9.17) is 9.15 Å². The molecule has 32 heavy (non-hydrogen) atoms. The van der Waals surface area contributed by atoms with Crippen LogP contribution in [0.25, 0.3) is 0 Å². The van der Waals surface area contributed by atoms with E-state index in [0.29, 0.717) is 63.7 Å². The lowest BCUT2D eigenvalue weighted by atomic mass is 9.95. The average molecular weight is 462 g/mol. The largest absolute Gasteiger partial charge is 0.459 e. The van der Waals surface area contributed by atoms with Gasteiger partial charge in [-0.15, -0.1) is 0 Å². The molecule has 0 atom stereocenters. The second-order valence-electron chi connectivity index (χ2n) is 8.03. The summed E-state index contributed by atoms with van der Waals surface area (Å²) in [4.78, 5) is 27.1. The van der Waals surface area contributed by atoms with Crippen molar-refractivity contribution in [1.29, 1.82) is 0 Å². The molecule has 2 amide bonds. The number of sulfonamides is 1. The first-order valence-electron chi connectivity index (χ1n) is 10.7. The van der Waals surface area contributed by atoms with E-state index in [0.717, 1.165) is 5.56 Å². The van der Waals surface area contributed by atoms with Gasteiger partial charge < -0.3 is 19.4 Å². The van der Waals surface area contributed by atoms with Crippen LogP contribution in [0.4, 0.5) is 5.69 Å². The van der Waals surface area contributed by atoms with Crippen LogP contribution >= 0.6 is 0 Å². The summed E-state index contributed by atoms with van der Waals surface area (Å²) in [7, 11) is -3.65. The number of anilines is 1. The highest BCUT2D eigenvalue weighted by atomic mass is 32.2. The van der Waals surface area contributed by atoms with E-state index in [-0.39, 0.29) is 22.6 Å². The minimum atomic E-state index is -3.65. The molecule has 1 aromatic carbocycles. The third-order valence-electron chi connectivity index (χ3n) is 5.96. The van der Waals surface area contributed by atoms with E-state index in [1.807, 2.05) is 6.92 Å². The van der Waals surface area contributed by atoms with Crippen molar-refractivity contribution in [2.75, 3.05) is 44.7 Å². The Morgan fingerprint density at radius 3 is 2.44 bits per heavy atom. The van der Waals surface area contributed by atoms with Crippen LogP contribution in [0, 0.1) is 12.8 Å². The number of nitrogens with one attached hydrogen (secondary N) is 1. The molecule has 2 fully saturated rings. The van der Waals surface area contributed by atoms with Crippen molar-refractivity contribution < 1.29 is 27.2 Å². The highest BCUT2D eigenvalue weighted by Gasteiger charge is 2.30. The predicted octanol–water partition coefficient (Wildman–Crippen LogP) is 2.10. The quantitative estimate of drug-likeness (QED) is 0.730. The van der Waals surface area contributed by atoms with E-state index in [1.165, 1.54) is 16.6 Å². The van der Waals surface area contributed by atoms with Crippen molar-refractivity contribution in [3.05, 3.63) is 47.9 Å². The summed E-state index contributed by atoms with van der Waals surface area (Å²) in [5, 5.41) is 2.90. The van der Waals surface area contributed by atoms with Crippen LogP contribution in [0.1, 0.15) is 29.0 Å². The lowest BCUT2D eigenvalue weighted by Gasteiger charge is -2.31. The molecule has 0 aliphatic carbocycles. The summed E-state index contributed by atoms with van der Waals surface area (Å²) < 4.78 is 37.7. The number of rotatable bonds is 5. The third-order valence-corrected chi connectivity index (χ3v) is 7.85. The molecule has 2 aliphatic rings. The zero-order chi connectivity index (χ0) is 22.7. The van der Waals surface area contributed by atoms with Crippen molar-refractivity contribution in [2.24, 2.45) is 5.92 Å². The zero-order valence-corrected chi connectivity index (χ0v) is 18.8. The number of amides is 2. The highest BCUT2D eigenvalue weighted by molar-refractivity contribution is 7.89. The van der Waals surface area contributed by atoms with Gasteiger partial charge in [0.05, 0.1) is 24.4 Å². The Morgan fingerprint density at radius 1 is 1.06 bits per heavy atom. The fourth-order valence-electron chi connectivity index (χ4n) is 3.97. The Kier molecular flexibility index (Phi) is 6.63. The van der Waals surface area contributed by atoms with Crippen LogP contribution in [0.15, 0.2) is 45.9 Å². The first kappa shape index (κ1) is 22.5. The molecule has 0 spiro atoms. The number of likely N-dealkylation sites (tertiary alicyclic amines) is 1. The molecule has 172 valence electrons. The number of hydrogen-bond donors (Lipinski definition) is 1. The summed E-state index contributed by atoms with van der Waals surface area (Å²) >= 11 is 0. The number of benzene rings is 1. The van der Waals surface area contributed by atoms with Gasteiger partial charge in [0.2, 0.25) is 15.9 Å². The Balaban J connectivity index is 1.40. The van der Waals surface area contributed by atoms with Crippen LogP contribution in [-0.4, -0.2) is 68.8 Å². The van der Waals surface area contributed by atoms with Crippen molar-refractivity contribution in [3.8, 4) is 0 Å². The number of carbonyl (C=O) groups is 2. The maximum Gasteiger partial charge on any atom is 0.289 e. The number of nitrogens with zero attached hydrogens (tertiary/aromatic N) is 2. The Bertz CT molecular complexity index is 1070. The molecule has 3 heterocycles. The lowest BCUT2D eigenvalue weighted by Crippen LogP contribution is -2.41. The molecule has 0 unspecified atom stereocenters. The third kappa shape index (κ3) is 4.72. The summed E-state index contributed by atoms with van der Waals surface area (Å²) in [5.74, 6) is -0.304. The van der Waals surface area contributed by atoms with Gasteiger partial charge in [-0.2, -0.15) is 4.31 Å². The molecule has 2 saturated heterocycles. The standard InChI is InChI=1S/C22H27N3O6S/c1-16-4-5-18(32(28,29)25-10-13-30-14-11-25)15-19(16)23-21(26)17-6-8-24(9-7-17)22(27)20-3-2-12-31-20/h2-5,12,15,17H,6-11,13-14H2,1H3,(H,23,26). The smallest absolute Gasteiger partial charge is 0.289 e. The van der Waals surface area contributed by atoms with Gasteiger partial charge in [-0.05, 0) is 49.6 Å². The fraction of sp³-hybridized carbons (Fsp3) is 0.455. The SMILES string of the molecule is Cc1ccc(S(=O)(=O)N2CCOCC2)cc1NC(=O)C1CCN(C(=O)c2ccco2)CC1. The number of furan rings is 1. The zero-order valence-electron chi connectivity index (χ0n) is 18.0. The number of piperidine rings is 1. The molecule has 0 radical (unpaired) electrons. The first-order valence-corrected chi connectivity index (χ1v) is 12.1. The second-order valence-corrected chi connectivity index (χ2v) is 9.96. The van der Waals surface area contributed by atoms with Gasteiger partial charge in [0.15, 0.2) is 5.76 Å². The minimum absolute atomic E-state index is 0.152. The van der Waals surface area contributed by atoms with Crippen LogP contribution in [-0.2, 0) is 19.6 Å². The molecule has 0 saturated carbocycles. The Labute approximate surface area is 187 Å². The van der Waals surface area contributed by atoms with Crippen molar-refractivity contribution in [2.45, 2.75) is 24.7 Å². The van der Waals surface area contributed by atoms with Crippen molar-refractivity contribution >= 4 is 27.5 Å². The van der Waals surface area contributed by atoms with Crippen LogP contribution in [0.2, 0.25) is 0 Å².